The summed E-state index contributed by atoms with van der Waals surface area (Å²) in [5.74, 6) is 0.520. The lowest BCUT2D eigenvalue weighted by Gasteiger charge is -2.00. The van der Waals surface area contributed by atoms with Gasteiger partial charge in [-0.2, -0.15) is 5.26 Å². The summed E-state index contributed by atoms with van der Waals surface area (Å²) in [6, 6.07) is 20.7. The van der Waals surface area contributed by atoms with Crippen molar-refractivity contribution in [1.29, 1.82) is 5.26 Å². The first-order valence-corrected chi connectivity index (χ1v) is 11.5. The average molecular weight is 525 g/mol. The van der Waals surface area contributed by atoms with Crippen molar-refractivity contribution in [2.45, 2.75) is 6.42 Å². The van der Waals surface area contributed by atoms with Gasteiger partial charge in [-0.3, -0.25) is 10.1 Å². The highest BCUT2D eigenvalue weighted by Crippen LogP contribution is 2.26. The summed E-state index contributed by atoms with van der Waals surface area (Å²) in [6.45, 7) is 0. The maximum Gasteiger partial charge on any atom is 0.268 e. The van der Waals surface area contributed by atoms with E-state index < -0.39 is 5.91 Å². The predicted octanol–water partition coefficient (Wildman–Crippen LogP) is 6.96. The number of carbonyl (C=O) groups is 1. The first kappa shape index (κ1) is 22.0. The van der Waals surface area contributed by atoms with Crippen LogP contribution in [0.15, 0.2) is 81.3 Å². The first-order chi connectivity index (χ1) is 15.5. The fourth-order valence-electron chi connectivity index (χ4n) is 2.91. The van der Waals surface area contributed by atoms with Gasteiger partial charge < -0.3 is 4.42 Å². The van der Waals surface area contributed by atoms with Crippen molar-refractivity contribution in [2.75, 3.05) is 5.32 Å². The average Bonchev–Trinajstić information content (AvgIpc) is 3.43. The number of thiazole rings is 1. The summed E-state index contributed by atoms with van der Waals surface area (Å²) in [5, 5.41) is 13.3. The summed E-state index contributed by atoms with van der Waals surface area (Å²) < 4.78 is 6.74. The Hall–Kier alpha value is -3.18. The van der Waals surface area contributed by atoms with Crippen molar-refractivity contribution >= 4 is 56.0 Å². The summed E-state index contributed by atoms with van der Waals surface area (Å²) in [7, 11) is 0. The minimum Gasteiger partial charge on any atom is -0.457 e. The molecule has 0 unspecified atom stereocenters. The monoisotopic (exact) mass is 523 g/mol. The molecule has 0 atom stereocenters. The Balaban J connectivity index is 1.44. The molecule has 1 amide bonds. The second kappa shape index (κ2) is 9.96. The predicted molar refractivity (Wildman–Crippen MR) is 130 cm³/mol. The second-order valence-electron chi connectivity index (χ2n) is 6.77. The Morgan fingerprint density at radius 2 is 1.91 bits per heavy atom. The Morgan fingerprint density at radius 3 is 2.62 bits per heavy atom. The number of furan rings is 1. The van der Waals surface area contributed by atoms with Gasteiger partial charge in [-0.05, 0) is 42.0 Å². The zero-order valence-electron chi connectivity index (χ0n) is 16.5. The maximum absolute atomic E-state index is 12.6. The van der Waals surface area contributed by atoms with Crippen molar-refractivity contribution in [3.8, 4) is 17.4 Å². The molecule has 158 valence electrons. The third-order valence-electron chi connectivity index (χ3n) is 4.47. The van der Waals surface area contributed by atoms with E-state index in [0.717, 1.165) is 20.5 Å². The van der Waals surface area contributed by atoms with Crippen molar-refractivity contribution in [1.82, 2.24) is 4.98 Å². The standard InChI is InChI=1S/C24H15BrClN3O2S/c25-18-5-3-16(4-6-18)22-10-9-20(31-22)12-17(13-27)23(30)29-24-28-14-21(32-24)11-15-1-7-19(26)8-2-15/h1-10,12,14H,11H2,(H,28,29,30)/b17-12-. The van der Waals surface area contributed by atoms with Gasteiger partial charge >= 0.3 is 0 Å². The molecule has 32 heavy (non-hydrogen) atoms. The van der Waals surface area contributed by atoms with Crippen LogP contribution in [0.4, 0.5) is 5.13 Å². The Labute approximate surface area is 202 Å². The Kier molecular flexibility index (Phi) is 6.86. The molecule has 1 N–H and O–H groups in total. The number of carbonyl (C=O) groups excluding carboxylic acids is 1. The highest BCUT2D eigenvalue weighted by atomic mass is 79.9. The molecule has 0 aliphatic heterocycles. The second-order valence-corrected chi connectivity index (χ2v) is 9.24. The fraction of sp³-hybridized carbons (Fsp3) is 0.0417. The number of hydrogen-bond donors (Lipinski definition) is 1. The summed E-state index contributed by atoms with van der Waals surface area (Å²) >= 11 is 10.7. The van der Waals surface area contributed by atoms with Gasteiger partial charge in [-0.25, -0.2) is 4.98 Å². The molecular formula is C24H15BrClN3O2S. The van der Waals surface area contributed by atoms with Crippen LogP contribution in [0.25, 0.3) is 17.4 Å². The van der Waals surface area contributed by atoms with E-state index in [2.05, 4.69) is 26.2 Å². The number of anilines is 1. The number of rotatable bonds is 6. The van der Waals surface area contributed by atoms with Gasteiger partial charge in [0.2, 0.25) is 0 Å². The smallest absolute Gasteiger partial charge is 0.268 e. The van der Waals surface area contributed by atoms with Gasteiger partial charge in [0, 0.05) is 38.6 Å². The molecule has 0 saturated carbocycles. The number of nitrogens with zero attached hydrogens (tertiary/aromatic N) is 2. The normalized spacial score (nSPS) is 11.2. The zero-order chi connectivity index (χ0) is 22.5. The highest BCUT2D eigenvalue weighted by Gasteiger charge is 2.14. The molecular weight excluding hydrogens is 510 g/mol. The molecule has 4 rings (SSSR count). The third-order valence-corrected chi connectivity index (χ3v) is 6.17. The molecule has 5 nitrogen and oxygen atoms in total. The summed E-state index contributed by atoms with van der Waals surface area (Å²) in [5.41, 5.74) is 1.91. The molecule has 0 saturated heterocycles. The number of halogens is 2. The Bertz CT molecular complexity index is 1320. The van der Waals surface area contributed by atoms with E-state index in [1.54, 1.807) is 18.3 Å². The molecule has 2 heterocycles. The number of nitriles is 1. The van der Waals surface area contributed by atoms with Crippen LogP contribution in [0.5, 0.6) is 0 Å². The molecule has 0 aliphatic carbocycles. The number of hydrogen-bond acceptors (Lipinski definition) is 5. The van der Waals surface area contributed by atoms with Gasteiger partial charge in [0.25, 0.3) is 5.91 Å². The van der Waals surface area contributed by atoms with Gasteiger partial charge in [0.1, 0.15) is 23.2 Å². The zero-order valence-corrected chi connectivity index (χ0v) is 19.7. The van der Waals surface area contributed by atoms with Gasteiger partial charge in [0.05, 0.1) is 0 Å². The molecule has 0 fully saturated rings. The lowest BCUT2D eigenvalue weighted by atomic mass is 10.1. The Morgan fingerprint density at radius 1 is 1.16 bits per heavy atom. The van der Waals surface area contributed by atoms with E-state index in [4.69, 9.17) is 16.0 Å². The fourth-order valence-corrected chi connectivity index (χ4v) is 4.14. The maximum atomic E-state index is 12.6. The van der Waals surface area contributed by atoms with Crippen LogP contribution in [0, 0.1) is 11.3 Å². The minimum absolute atomic E-state index is 0.0730. The van der Waals surface area contributed by atoms with Crippen molar-refractivity contribution in [2.24, 2.45) is 0 Å². The molecule has 0 bridgehead atoms. The van der Waals surface area contributed by atoms with Crippen molar-refractivity contribution < 1.29 is 9.21 Å². The van der Waals surface area contributed by atoms with Crippen molar-refractivity contribution in [3.05, 3.63) is 98.1 Å². The van der Waals surface area contributed by atoms with E-state index in [1.165, 1.54) is 17.4 Å². The van der Waals surface area contributed by atoms with Crippen LogP contribution in [-0.4, -0.2) is 10.9 Å². The highest BCUT2D eigenvalue weighted by molar-refractivity contribution is 9.10. The number of benzene rings is 2. The van der Waals surface area contributed by atoms with Crippen LogP contribution in [0.3, 0.4) is 0 Å². The van der Waals surface area contributed by atoms with Gasteiger partial charge in [0.15, 0.2) is 5.13 Å². The topological polar surface area (TPSA) is 78.9 Å². The van der Waals surface area contributed by atoms with E-state index in [9.17, 15) is 10.1 Å². The lowest BCUT2D eigenvalue weighted by Crippen LogP contribution is -2.13. The summed E-state index contributed by atoms with van der Waals surface area (Å²) in [6.07, 6.45) is 3.80. The van der Waals surface area contributed by atoms with E-state index >= 15 is 0 Å². The van der Waals surface area contributed by atoms with Crippen LogP contribution >= 0.6 is 38.9 Å². The van der Waals surface area contributed by atoms with E-state index in [1.807, 2.05) is 54.6 Å². The molecule has 8 heteroatoms. The van der Waals surface area contributed by atoms with Gasteiger partial charge in [-0.1, -0.05) is 51.8 Å². The molecule has 2 aromatic carbocycles. The van der Waals surface area contributed by atoms with E-state index in [0.29, 0.717) is 28.1 Å². The van der Waals surface area contributed by atoms with Crippen LogP contribution in [-0.2, 0) is 11.2 Å². The number of amides is 1. The lowest BCUT2D eigenvalue weighted by molar-refractivity contribution is -0.112. The van der Waals surface area contributed by atoms with Crippen LogP contribution in [0.2, 0.25) is 5.02 Å². The number of nitrogens with one attached hydrogen (secondary N) is 1. The molecule has 0 aliphatic rings. The van der Waals surface area contributed by atoms with Gasteiger partial charge in [-0.15, -0.1) is 11.3 Å². The SMILES string of the molecule is N#C/C(=C/c1ccc(-c2ccc(Br)cc2)o1)C(=O)Nc1ncc(Cc2ccc(Cl)cc2)s1. The number of aromatic nitrogens is 1. The third kappa shape index (κ3) is 5.54. The van der Waals surface area contributed by atoms with Crippen LogP contribution in [0.1, 0.15) is 16.2 Å². The van der Waals surface area contributed by atoms with Crippen LogP contribution < -0.4 is 5.32 Å². The quantitative estimate of drug-likeness (QED) is 0.218. The summed E-state index contributed by atoms with van der Waals surface area (Å²) in [4.78, 5) is 17.8. The largest absolute Gasteiger partial charge is 0.457 e. The van der Waals surface area contributed by atoms with E-state index in [-0.39, 0.29) is 5.57 Å². The molecule has 4 aromatic rings. The first-order valence-electron chi connectivity index (χ1n) is 9.48. The van der Waals surface area contributed by atoms with Crippen molar-refractivity contribution in [3.63, 3.8) is 0 Å². The molecule has 0 radical (unpaired) electrons. The molecule has 2 aromatic heterocycles. The molecule has 0 spiro atoms. The minimum atomic E-state index is -0.540.